The fourth-order valence-electron chi connectivity index (χ4n) is 1.81. The van der Waals surface area contributed by atoms with Crippen molar-refractivity contribution in [2.24, 2.45) is 0 Å². The van der Waals surface area contributed by atoms with Gasteiger partial charge in [0.2, 0.25) is 0 Å². The molecule has 1 aromatic rings. The molecule has 0 saturated carbocycles. The Balaban J connectivity index is 2.49. The van der Waals surface area contributed by atoms with Gasteiger partial charge in [-0.2, -0.15) is 0 Å². The highest BCUT2D eigenvalue weighted by molar-refractivity contribution is 5.43. The van der Waals surface area contributed by atoms with Gasteiger partial charge in [0.15, 0.2) is 0 Å². The Bertz CT molecular complexity index is 344. The van der Waals surface area contributed by atoms with Gasteiger partial charge in [-0.3, -0.25) is 0 Å². The summed E-state index contributed by atoms with van der Waals surface area (Å²) >= 11 is 0. The monoisotopic (exact) mass is 192 g/mol. The van der Waals surface area contributed by atoms with E-state index < -0.39 is 0 Å². The molecule has 1 atom stereocenters. The minimum atomic E-state index is -0.355. The summed E-state index contributed by atoms with van der Waals surface area (Å²) < 4.78 is 5.59. The molecule has 1 unspecified atom stereocenters. The molecule has 14 heavy (non-hydrogen) atoms. The van der Waals surface area contributed by atoms with Crippen molar-refractivity contribution in [2.75, 3.05) is 6.61 Å². The van der Waals surface area contributed by atoms with Crippen LogP contribution in [-0.2, 0) is 0 Å². The topological polar surface area (TPSA) is 29.5 Å². The van der Waals surface area contributed by atoms with Gasteiger partial charge >= 0.3 is 0 Å². The molecule has 2 rings (SSSR count). The summed E-state index contributed by atoms with van der Waals surface area (Å²) in [7, 11) is 0. The number of hydrogen-bond donors (Lipinski definition) is 1. The predicted molar refractivity (Wildman–Crippen MR) is 55.6 cm³/mol. The first-order valence-electron chi connectivity index (χ1n) is 5.10. The summed E-state index contributed by atoms with van der Waals surface area (Å²) in [6.45, 7) is 4.84. The molecule has 0 fully saturated rings. The first kappa shape index (κ1) is 9.53. The number of aryl methyl sites for hydroxylation is 2. The number of hydrogen-bond acceptors (Lipinski definition) is 2. The molecule has 0 bridgehead atoms. The van der Waals surface area contributed by atoms with Crippen molar-refractivity contribution in [1.29, 1.82) is 0 Å². The van der Waals surface area contributed by atoms with Crippen molar-refractivity contribution in [3.63, 3.8) is 0 Å². The molecule has 0 amide bonds. The Hall–Kier alpha value is -1.02. The quantitative estimate of drug-likeness (QED) is 0.684. The van der Waals surface area contributed by atoms with E-state index >= 15 is 0 Å². The van der Waals surface area contributed by atoms with E-state index in [2.05, 4.69) is 13.8 Å². The van der Waals surface area contributed by atoms with Crippen molar-refractivity contribution in [2.45, 2.75) is 32.8 Å². The molecule has 0 saturated heterocycles. The molecular formula is C12H16O2. The second-order valence-corrected chi connectivity index (χ2v) is 3.98. The first-order valence-corrected chi connectivity index (χ1v) is 5.10. The van der Waals surface area contributed by atoms with Crippen LogP contribution < -0.4 is 4.74 Å². The maximum Gasteiger partial charge on any atom is 0.125 e. The fourth-order valence-corrected chi connectivity index (χ4v) is 1.81. The van der Waals surface area contributed by atoms with Crippen molar-refractivity contribution in [3.05, 3.63) is 28.8 Å². The third-order valence-corrected chi connectivity index (χ3v) is 2.86. The SMILES string of the molecule is Cc1cc2c(cc1C)C(O)CCCO2. The average molecular weight is 192 g/mol. The molecule has 0 radical (unpaired) electrons. The number of ether oxygens (including phenoxy) is 1. The summed E-state index contributed by atoms with van der Waals surface area (Å²) in [5.41, 5.74) is 3.39. The number of rotatable bonds is 0. The van der Waals surface area contributed by atoms with Crippen LogP contribution in [-0.4, -0.2) is 11.7 Å². The molecular weight excluding hydrogens is 176 g/mol. The lowest BCUT2D eigenvalue weighted by Crippen LogP contribution is -1.98. The van der Waals surface area contributed by atoms with Gasteiger partial charge in [0.1, 0.15) is 5.75 Å². The van der Waals surface area contributed by atoms with Crippen LogP contribution in [0.1, 0.15) is 35.6 Å². The van der Waals surface area contributed by atoms with Crippen molar-refractivity contribution in [3.8, 4) is 5.75 Å². The van der Waals surface area contributed by atoms with Crippen LogP contribution in [0.5, 0.6) is 5.75 Å². The van der Waals surface area contributed by atoms with Crippen LogP contribution >= 0.6 is 0 Å². The fraction of sp³-hybridized carbons (Fsp3) is 0.500. The number of aliphatic hydroxyl groups is 1. The highest BCUT2D eigenvalue weighted by Gasteiger charge is 2.17. The Labute approximate surface area is 84.5 Å². The molecule has 1 aliphatic rings. The lowest BCUT2D eigenvalue weighted by molar-refractivity contribution is 0.167. The Morgan fingerprint density at radius 1 is 1.29 bits per heavy atom. The number of aliphatic hydroxyl groups excluding tert-OH is 1. The first-order chi connectivity index (χ1) is 6.68. The zero-order chi connectivity index (χ0) is 10.1. The Kier molecular flexibility index (Phi) is 2.46. The van der Waals surface area contributed by atoms with Gasteiger partial charge in [-0.15, -0.1) is 0 Å². The van der Waals surface area contributed by atoms with Gasteiger partial charge < -0.3 is 9.84 Å². The molecule has 1 N–H and O–H groups in total. The van der Waals surface area contributed by atoms with Crippen molar-refractivity contribution >= 4 is 0 Å². The van der Waals surface area contributed by atoms with E-state index in [0.717, 1.165) is 24.2 Å². The summed E-state index contributed by atoms with van der Waals surface area (Å²) in [5, 5.41) is 9.88. The van der Waals surface area contributed by atoms with E-state index in [0.29, 0.717) is 6.61 Å². The summed E-state index contributed by atoms with van der Waals surface area (Å²) in [6, 6.07) is 4.07. The molecule has 0 aliphatic carbocycles. The molecule has 1 aliphatic heterocycles. The van der Waals surface area contributed by atoms with Gasteiger partial charge in [0.05, 0.1) is 12.7 Å². The molecule has 1 heterocycles. The van der Waals surface area contributed by atoms with Crippen LogP contribution in [0.4, 0.5) is 0 Å². The zero-order valence-electron chi connectivity index (χ0n) is 8.71. The second kappa shape index (κ2) is 3.62. The minimum Gasteiger partial charge on any atom is -0.493 e. The third-order valence-electron chi connectivity index (χ3n) is 2.86. The molecule has 76 valence electrons. The smallest absolute Gasteiger partial charge is 0.125 e. The standard InChI is InChI=1S/C12H16O2/c1-8-6-10-11(13)4-3-5-14-12(10)7-9(8)2/h6-7,11,13H,3-5H2,1-2H3. The van der Waals surface area contributed by atoms with E-state index in [9.17, 15) is 5.11 Å². The maximum atomic E-state index is 9.88. The van der Waals surface area contributed by atoms with Crippen LogP contribution in [0.2, 0.25) is 0 Å². The minimum absolute atomic E-state index is 0.355. The van der Waals surface area contributed by atoms with Crippen molar-refractivity contribution in [1.82, 2.24) is 0 Å². The summed E-state index contributed by atoms with van der Waals surface area (Å²) in [5.74, 6) is 0.859. The molecule has 1 aromatic carbocycles. The highest BCUT2D eigenvalue weighted by Crippen LogP contribution is 2.33. The molecule has 0 aromatic heterocycles. The number of benzene rings is 1. The van der Waals surface area contributed by atoms with Gasteiger partial charge in [0, 0.05) is 5.56 Å². The lowest BCUT2D eigenvalue weighted by atomic mass is 10.00. The van der Waals surface area contributed by atoms with Gasteiger partial charge in [-0.05, 0) is 49.9 Å². The normalized spacial score (nSPS) is 20.9. The summed E-state index contributed by atoms with van der Waals surface area (Å²) in [6.07, 6.45) is 1.37. The molecule has 2 nitrogen and oxygen atoms in total. The zero-order valence-corrected chi connectivity index (χ0v) is 8.71. The number of fused-ring (bicyclic) bond motifs is 1. The van der Waals surface area contributed by atoms with E-state index in [1.54, 1.807) is 0 Å². The Morgan fingerprint density at radius 3 is 2.79 bits per heavy atom. The maximum absolute atomic E-state index is 9.88. The summed E-state index contributed by atoms with van der Waals surface area (Å²) in [4.78, 5) is 0. The lowest BCUT2D eigenvalue weighted by Gasteiger charge is -2.13. The van der Waals surface area contributed by atoms with Gasteiger partial charge in [-0.1, -0.05) is 0 Å². The van der Waals surface area contributed by atoms with Gasteiger partial charge in [0.25, 0.3) is 0 Å². The van der Waals surface area contributed by atoms with Gasteiger partial charge in [-0.25, -0.2) is 0 Å². The third kappa shape index (κ3) is 1.62. The highest BCUT2D eigenvalue weighted by atomic mass is 16.5. The molecule has 2 heteroatoms. The Morgan fingerprint density at radius 2 is 2.00 bits per heavy atom. The second-order valence-electron chi connectivity index (χ2n) is 3.98. The van der Waals surface area contributed by atoms with Crippen LogP contribution in [0.15, 0.2) is 12.1 Å². The largest absolute Gasteiger partial charge is 0.493 e. The van der Waals surface area contributed by atoms with Crippen molar-refractivity contribution < 1.29 is 9.84 Å². The molecule has 0 spiro atoms. The van der Waals surface area contributed by atoms with Crippen LogP contribution in [0, 0.1) is 13.8 Å². The van der Waals surface area contributed by atoms with Crippen LogP contribution in [0.3, 0.4) is 0 Å². The van der Waals surface area contributed by atoms with E-state index in [1.807, 2.05) is 12.1 Å². The van der Waals surface area contributed by atoms with E-state index in [-0.39, 0.29) is 6.10 Å². The van der Waals surface area contributed by atoms with E-state index in [4.69, 9.17) is 4.74 Å². The average Bonchev–Trinajstić information content (AvgIpc) is 2.31. The van der Waals surface area contributed by atoms with E-state index in [1.165, 1.54) is 11.1 Å². The predicted octanol–water partition coefficient (Wildman–Crippen LogP) is 2.51. The van der Waals surface area contributed by atoms with Crippen LogP contribution in [0.25, 0.3) is 0 Å².